The number of anilines is 1. The number of aromatic nitrogens is 2. The molecule has 4 heteroatoms. The van der Waals surface area contributed by atoms with Crippen molar-refractivity contribution in [3.8, 4) is 11.1 Å². The Morgan fingerprint density at radius 1 is 1.33 bits per heavy atom. The van der Waals surface area contributed by atoms with E-state index in [9.17, 15) is 4.39 Å². The number of nitrogens with zero attached hydrogens (tertiary/aromatic N) is 2. The minimum atomic E-state index is -0.299. The Morgan fingerprint density at radius 2 is 2.13 bits per heavy atom. The highest BCUT2D eigenvalue weighted by Gasteiger charge is 2.05. The van der Waals surface area contributed by atoms with Crippen LogP contribution in [-0.2, 0) is 0 Å². The van der Waals surface area contributed by atoms with E-state index in [0.29, 0.717) is 22.8 Å². The predicted molar refractivity (Wildman–Crippen MR) is 56.6 cm³/mol. The van der Waals surface area contributed by atoms with Crippen LogP contribution in [0.2, 0.25) is 0 Å². The minimum Gasteiger partial charge on any atom is -0.383 e. The fraction of sp³-hybridized carbons (Fsp3) is 0.0909. The molecule has 3 nitrogen and oxygen atoms in total. The molecule has 0 aliphatic heterocycles. The van der Waals surface area contributed by atoms with Gasteiger partial charge in [-0.15, -0.1) is 0 Å². The molecule has 0 amide bonds. The summed E-state index contributed by atoms with van der Waals surface area (Å²) < 4.78 is 13.0. The van der Waals surface area contributed by atoms with Gasteiger partial charge in [-0.2, -0.15) is 0 Å². The number of rotatable bonds is 1. The van der Waals surface area contributed by atoms with Gasteiger partial charge in [-0.1, -0.05) is 12.1 Å². The smallest absolute Gasteiger partial charge is 0.135 e. The van der Waals surface area contributed by atoms with Gasteiger partial charge in [0, 0.05) is 11.8 Å². The molecule has 0 aliphatic rings. The molecule has 2 aromatic rings. The van der Waals surface area contributed by atoms with E-state index >= 15 is 0 Å². The fourth-order valence-corrected chi connectivity index (χ4v) is 1.37. The van der Waals surface area contributed by atoms with Gasteiger partial charge >= 0.3 is 0 Å². The standard InChI is InChI=1S/C11H10FN3/c1-7-14-6-10(11(13)15-7)8-3-2-4-9(12)5-8/h2-6H,1H3,(H2,13,14,15). The maximum Gasteiger partial charge on any atom is 0.135 e. The van der Waals surface area contributed by atoms with Crippen LogP contribution in [0.4, 0.5) is 10.2 Å². The van der Waals surface area contributed by atoms with E-state index in [1.807, 2.05) is 0 Å². The Balaban J connectivity index is 2.54. The molecule has 0 bridgehead atoms. The summed E-state index contributed by atoms with van der Waals surface area (Å²) in [5.74, 6) is 0.674. The molecule has 1 heterocycles. The van der Waals surface area contributed by atoms with Crippen LogP contribution in [0.5, 0.6) is 0 Å². The first-order valence-corrected chi connectivity index (χ1v) is 4.52. The maximum absolute atomic E-state index is 13.0. The van der Waals surface area contributed by atoms with Crippen molar-refractivity contribution in [2.75, 3.05) is 5.73 Å². The van der Waals surface area contributed by atoms with Crippen LogP contribution in [0.15, 0.2) is 30.5 Å². The van der Waals surface area contributed by atoms with Gasteiger partial charge in [-0.05, 0) is 24.6 Å². The second kappa shape index (κ2) is 3.65. The first-order valence-electron chi connectivity index (χ1n) is 4.52. The van der Waals surface area contributed by atoms with E-state index in [-0.39, 0.29) is 5.82 Å². The van der Waals surface area contributed by atoms with Crippen LogP contribution in [0.3, 0.4) is 0 Å². The molecule has 0 saturated carbocycles. The fourth-order valence-electron chi connectivity index (χ4n) is 1.37. The summed E-state index contributed by atoms with van der Waals surface area (Å²) in [4.78, 5) is 8.06. The molecule has 1 aromatic heterocycles. The van der Waals surface area contributed by atoms with Crippen molar-refractivity contribution in [3.63, 3.8) is 0 Å². The van der Waals surface area contributed by atoms with E-state index in [2.05, 4.69) is 9.97 Å². The summed E-state index contributed by atoms with van der Waals surface area (Å²) in [6, 6.07) is 6.19. The van der Waals surface area contributed by atoms with Crippen molar-refractivity contribution >= 4 is 5.82 Å². The zero-order chi connectivity index (χ0) is 10.8. The number of aryl methyl sites for hydroxylation is 1. The van der Waals surface area contributed by atoms with Gasteiger partial charge in [0.1, 0.15) is 17.5 Å². The van der Waals surface area contributed by atoms with Crippen LogP contribution >= 0.6 is 0 Å². The number of hydrogen-bond donors (Lipinski definition) is 1. The molecule has 2 rings (SSSR count). The van der Waals surface area contributed by atoms with Gasteiger partial charge in [0.25, 0.3) is 0 Å². The minimum absolute atomic E-state index is 0.299. The van der Waals surface area contributed by atoms with Crippen molar-refractivity contribution < 1.29 is 4.39 Å². The summed E-state index contributed by atoms with van der Waals surface area (Å²) in [5, 5.41) is 0. The van der Waals surface area contributed by atoms with Gasteiger partial charge < -0.3 is 5.73 Å². The van der Waals surface area contributed by atoms with Gasteiger partial charge in [0.2, 0.25) is 0 Å². The normalized spacial score (nSPS) is 10.3. The van der Waals surface area contributed by atoms with Gasteiger partial charge in [-0.25, -0.2) is 14.4 Å². The molecule has 76 valence electrons. The molecule has 0 aliphatic carbocycles. The molecular weight excluding hydrogens is 193 g/mol. The van der Waals surface area contributed by atoms with E-state index in [4.69, 9.17) is 5.73 Å². The second-order valence-corrected chi connectivity index (χ2v) is 3.23. The Bertz CT molecular complexity index is 497. The number of halogens is 1. The monoisotopic (exact) mass is 203 g/mol. The number of nitrogens with two attached hydrogens (primary N) is 1. The van der Waals surface area contributed by atoms with Crippen LogP contribution in [-0.4, -0.2) is 9.97 Å². The molecule has 0 radical (unpaired) electrons. The second-order valence-electron chi connectivity index (χ2n) is 3.23. The van der Waals surface area contributed by atoms with Crippen LogP contribution in [0, 0.1) is 12.7 Å². The lowest BCUT2D eigenvalue weighted by molar-refractivity contribution is 0.628. The Kier molecular flexibility index (Phi) is 2.33. The average molecular weight is 203 g/mol. The lowest BCUT2D eigenvalue weighted by atomic mass is 10.1. The van der Waals surface area contributed by atoms with Gasteiger partial charge in [0.05, 0.1) is 0 Å². The van der Waals surface area contributed by atoms with E-state index in [1.54, 1.807) is 25.3 Å². The largest absolute Gasteiger partial charge is 0.383 e. The van der Waals surface area contributed by atoms with Gasteiger partial charge in [0.15, 0.2) is 0 Å². The van der Waals surface area contributed by atoms with E-state index in [1.165, 1.54) is 12.1 Å². The molecule has 15 heavy (non-hydrogen) atoms. The Labute approximate surface area is 86.8 Å². The molecular formula is C11H10FN3. The first-order chi connectivity index (χ1) is 7.16. The van der Waals surface area contributed by atoms with Crippen LogP contribution in [0.25, 0.3) is 11.1 Å². The van der Waals surface area contributed by atoms with Crippen molar-refractivity contribution in [1.29, 1.82) is 0 Å². The summed E-state index contributed by atoms with van der Waals surface area (Å²) in [6.07, 6.45) is 1.60. The van der Waals surface area contributed by atoms with Crippen molar-refractivity contribution in [1.82, 2.24) is 9.97 Å². The summed E-state index contributed by atoms with van der Waals surface area (Å²) in [6.45, 7) is 1.76. The molecule has 0 saturated heterocycles. The Morgan fingerprint density at radius 3 is 2.80 bits per heavy atom. The summed E-state index contributed by atoms with van der Waals surface area (Å²) in [5.41, 5.74) is 7.07. The van der Waals surface area contributed by atoms with E-state index < -0.39 is 0 Å². The molecule has 0 fully saturated rings. The predicted octanol–water partition coefficient (Wildman–Crippen LogP) is 2.17. The SMILES string of the molecule is Cc1ncc(-c2cccc(F)c2)c(N)n1. The molecule has 1 aromatic carbocycles. The zero-order valence-electron chi connectivity index (χ0n) is 8.24. The number of nitrogen functional groups attached to an aromatic ring is 1. The molecule has 0 spiro atoms. The number of hydrogen-bond acceptors (Lipinski definition) is 3. The molecule has 2 N–H and O–H groups in total. The van der Waals surface area contributed by atoms with E-state index in [0.717, 1.165) is 0 Å². The van der Waals surface area contributed by atoms with Crippen molar-refractivity contribution in [2.24, 2.45) is 0 Å². The first kappa shape index (κ1) is 9.58. The third kappa shape index (κ3) is 1.93. The topological polar surface area (TPSA) is 51.8 Å². The zero-order valence-corrected chi connectivity index (χ0v) is 8.24. The lowest BCUT2D eigenvalue weighted by Crippen LogP contribution is -1.98. The summed E-state index contributed by atoms with van der Waals surface area (Å²) >= 11 is 0. The quantitative estimate of drug-likeness (QED) is 0.772. The van der Waals surface area contributed by atoms with Gasteiger partial charge in [-0.3, -0.25) is 0 Å². The maximum atomic E-state index is 13.0. The highest BCUT2D eigenvalue weighted by Crippen LogP contribution is 2.23. The van der Waals surface area contributed by atoms with Crippen LogP contribution < -0.4 is 5.73 Å². The third-order valence-corrected chi connectivity index (χ3v) is 2.07. The average Bonchev–Trinajstić information content (AvgIpc) is 2.17. The Hall–Kier alpha value is -1.97. The van der Waals surface area contributed by atoms with Crippen LogP contribution in [0.1, 0.15) is 5.82 Å². The van der Waals surface area contributed by atoms with Crippen molar-refractivity contribution in [3.05, 3.63) is 42.1 Å². The third-order valence-electron chi connectivity index (χ3n) is 2.07. The summed E-state index contributed by atoms with van der Waals surface area (Å²) in [7, 11) is 0. The lowest BCUT2D eigenvalue weighted by Gasteiger charge is -2.04. The number of benzene rings is 1. The molecule has 0 unspecified atom stereocenters. The highest BCUT2D eigenvalue weighted by atomic mass is 19.1. The molecule has 0 atom stereocenters. The van der Waals surface area contributed by atoms with Crippen molar-refractivity contribution in [2.45, 2.75) is 6.92 Å². The highest BCUT2D eigenvalue weighted by molar-refractivity contribution is 5.72.